The Kier molecular flexibility index (Phi) is 17.1. The standard InChI is InChI=1S/C34H55NO/c1-3-4-5-6-7-8-9-10-11-12-13-14-15-16-17-18-19-20-29-36-33-27-25-32(26-28-33)34(35)31-23-21-30(2)22-24-31/h21-28,34H,3-20,29,35H2,1-2H3. The summed E-state index contributed by atoms with van der Waals surface area (Å²) in [6.45, 7) is 5.20. The molecule has 0 heterocycles. The fourth-order valence-corrected chi connectivity index (χ4v) is 4.93. The SMILES string of the molecule is CCCCCCCCCCCCCCCCCCCCOc1ccc(C(N)c2ccc(C)cc2)cc1. The molecule has 0 aliphatic carbocycles. The fraction of sp³-hybridized carbons (Fsp3) is 0.647. The van der Waals surface area contributed by atoms with Crippen molar-refractivity contribution >= 4 is 0 Å². The summed E-state index contributed by atoms with van der Waals surface area (Å²) in [5.74, 6) is 0.946. The second kappa shape index (κ2) is 20.3. The van der Waals surface area contributed by atoms with Crippen LogP contribution in [0.5, 0.6) is 5.75 Å². The fourth-order valence-electron chi connectivity index (χ4n) is 4.93. The van der Waals surface area contributed by atoms with E-state index in [-0.39, 0.29) is 6.04 Å². The summed E-state index contributed by atoms with van der Waals surface area (Å²) in [5, 5.41) is 0. The molecule has 0 bridgehead atoms. The van der Waals surface area contributed by atoms with Crippen LogP contribution in [0.4, 0.5) is 0 Å². The molecule has 0 spiro atoms. The molecule has 2 heteroatoms. The van der Waals surface area contributed by atoms with E-state index in [2.05, 4.69) is 62.4 Å². The number of benzene rings is 2. The molecule has 0 aromatic heterocycles. The van der Waals surface area contributed by atoms with Crippen LogP contribution in [0.1, 0.15) is 145 Å². The Labute approximate surface area is 223 Å². The van der Waals surface area contributed by atoms with Crippen molar-refractivity contribution in [3.63, 3.8) is 0 Å². The summed E-state index contributed by atoms with van der Waals surface area (Å²) in [6.07, 6.45) is 25.3. The number of hydrogen-bond donors (Lipinski definition) is 1. The van der Waals surface area contributed by atoms with E-state index in [0.717, 1.165) is 29.9 Å². The first-order chi connectivity index (χ1) is 17.7. The van der Waals surface area contributed by atoms with E-state index in [1.54, 1.807) is 0 Å². The molecule has 0 saturated heterocycles. The van der Waals surface area contributed by atoms with Gasteiger partial charge in [0.25, 0.3) is 0 Å². The summed E-state index contributed by atoms with van der Waals surface area (Å²) < 4.78 is 5.95. The third kappa shape index (κ3) is 14.1. The van der Waals surface area contributed by atoms with Gasteiger partial charge in [0, 0.05) is 0 Å². The van der Waals surface area contributed by atoms with Crippen LogP contribution in [-0.2, 0) is 0 Å². The maximum atomic E-state index is 6.43. The van der Waals surface area contributed by atoms with Gasteiger partial charge in [-0.15, -0.1) is 0 Å². The van der Waals surface area contributed by atoms with E-state index in [1.165, 1.54) is 115 Å². The molecule has 2 aromatic carbocycles. The molecule has 0 amide bonds. The number of nitrogens with two attached hydrogens (primary N) is 1. The van der Waals surface area contributed by atoms with Crippen LogP contribution in [0.2, 0.25) is 0 Å². The summed E-state index contributed by atoms with van der Waals surface area (Å²) >= 11 is 0. The van der Waals surface area contributed by atoms with Gasteiger partial charge in [0.1, 0.15) is 5.75 Å². The summed E-state index contributed by atoms with van der Waals surface area (Å²) in [7, 11) is 0. The first kappa shape index (κ1) is 30.4. The van der Waals surface area contributed by atoms with Gasteiger partial charge >= 0.3 is 0 Å². The molecule has 36 heavy (non-hydrogen) atoms. The van der Waals surface area contributed by atoms with Crippen LogP contribution >= 0.6 is 0 Å². The van der Waals surface area contributed by atoms with Gasteiger partial charge in [-0.05, 0) is 36.6 Å². The molecule has 0 aliphatic rings. The summed E-state index contributed by atoms with van der Waals surface area (Å²) in [4.78, 5) is 0. The number of unbranched alkanes of at least 4 members (excludes halogenated alkanes) is 17. The molecular formula is C34H55NO. The molecule has 2 aromatic rings. The van der Waals surface area contributed by atoms with Crippen molar-refractivity contribution in [1.29, 1.82) is 0 Å². The number of aryl methyl sites for hydroxylation is 1. The molecule has 2 N–H and O–H groups in total. The van der Waals surface area contributed by atoms with Crippen LogP contribution in [0.25, 0.3) is 0 Å². The van der Waals surface area contributed by atoms with E-state index in [0.29, 0.717) is 0 Å². The second-order valence-electron chi connectivity index (χ2n) is 10.8. The van der Waals surface area contributed by atoms with Gasteiger partial charge in [0.2, 0.25) is 0 Å². The quantitative estimate of drug-likeness (QED) is 0.166. The van der Waals surface area contributed by atoms with Crippen LogP contribution in [0.3, 0.4) is 0 Å². The van der Waals surface area contributed by atoms with E-state index >= 15 is 0 Å². The van der Waals surface area contributed by atoms with Crippen molar-refractivity contribution in [2.45, 2.75) is 135 Å². The lowest BCUT2D eigenvalue weighted by atomic mass is 9.99. The average molecular weight is 494 g/mol. The maximum Gasteiger partial charge on any atom is 0.119 e. The predicted octanol–water partition coefficient (Wildman–Crippen LogP) is 10.5. The van der Waals surface area contributed by atoms with Gasteiger partial charge in [-0.1, -0.05) is 158 Å². The molecule has 0 radical (unpaired) electrons. The van der Waals surface area contributed by atoms with Crippen molar-refractivity contribution in [3.8, 4) is 5.75 Å². The van der Waals surface area contributed by atoms with Gasteiger partial charge < -0.3 is 10.5 Å². The molecule has 1 atom stereocenters. The van der Waals surface area contributed by atoms with Crippen LogP contribution in [0.15, 0.2) is 48.5 Å². The highest BCUT2D eigenvalue weighted by Gasteiger charge is 2.08. The molecular weight excluding hydrogens is 438 g/mol. The highest BCUT2D eigenvalue weighted by molar-refractivity contribution is 5.36. The summed E-state index contributed by atoms with van der Waals surface area (Å²) in [5.41, 5.74) is 9.96. The predicted molar refractivity (Wildman–Crippen MR) is 158 cm³/mol. The third-order valence-electron chi connectivity index (χ3n) is 7.44. The molecule has 0 aliphatic heterocycles. The highest BCUT2D eigenvalue weighted by atomic mass is 16.5. The van der Waals surface area contributed by atoms with Crippen molar-refractivity contribution in [3.05, 3.63) is 65.2 Å². The lowest BCUT2D eigenvalue weighted by Gasteiger charge is -2.14. The minimum atomic E-state index is -0.0884. The first-order valence-electron chi connectivity index (χ1n) is 15.3. The second-order valence-corrected chi connectivity index (χ2v) is 10.8. The normalized spacial score (nSPS) is 12.1. The molecule has 1 unspecified atom stereocenters. The van der Waals surface area contributed by atoms with E-state index in [4.69, 9.17) is 10.5 Å². The van der Waals surface area contributed by atoms with Crippen LogP contribution < -0.4 is 10.5 Å². The van der Waals surface area contributed by atoms with Crippen LogP contribution in [0, 0.1) is 6.92 Å². The highest BCUT2D eigenvalue weighted by Crippen LogP contribution is 2.23. The third-order valence-corrected chi connectivity index (χ3v) is 7.44. The Hall–Kier alpha value is -1.80. The van der Waals surface area contributed by atoms with Gasteiger partial charge in [-0.2, -0.15) is 0 Å². The first-order valence-corrected chi connectivity index (χ1v) is 15.3. The van der Waals surface area contributed by atoms with Crippen molar-refractivity contribution in [2.75, 3.05) is 6.61 Å². The summed E-state index contributed by atoms with van der Waals surface area (Å²) in [6, 6.07) is 16.7. The molecule has 202 valence electrons. The zero-order valence-electron chi connectivity index (χ0n) is 23.6. The van der Waals surface area contributed by atoms with Crippen LogP contribution in [-0.4, -0.2) is 6.61 Å². The van der Waals surface area contributed by atoms with Gasteiger partial charge in [-0.3, -0.25) is 0 Å². The Morgan fingerprint density at radius 1 is 0.528 bits per heavy atom. The number of rotatable bonds is 22. The smallest absolute Gasteiger partial charge is 0.119 e. The zero-order chi connectivity index (χ0) is 25.7. The number of ether oxygens (including phenoxy) is 1. The Morgan fingerprint density at radius 2 is 0.889 bits per heavy atom. The van der Waals surface area contributed by atoms with Crippen molar-refractivity contribution < 1.29 is 4.74 Å². The Bertz CT molecular complexity index is 752. The van der Waals surface area contributed by atoms with E-state index in [9.17, 15) is 0 Å². The molecule has 0 saturated carbocycles. The maximum absolute atomic E-state index is 6.43. The average Bonchev–Trinajstić information content (AvgIpc) is 2.90. The van der Waals surface area contributed by atoms with E-state index < -0.39 is 0 Å². The zero-order valence-corrected chi connectivity index (χ0v) is 23.6. The molecule has 2 rings (SSSR count). The van der Waals surface area contributed by atoms with E-state index in [1.807, 2.05) is 0 Å². The van der Waals surface area contributed by atoms with Gasteiger partial charge in [0.05, 0.1) is 12.6 Å². The number of hydrogen-bond acceptors (Lipinski definition) is 2. The molecule has 2 nitrogen and oxygen atoms in total. The Morgan fingerprint density at radius 3 is 1.31 bits per heavy atom. The van der Waals surface area contributed by atoms with Gasteiger partial charge in [-0.25, -0.2) is 0 Å². The van der Waals surface area contributed by atoms with Crippen molar-refractivity contribution in [1.82, 2.24) is 0 Å². The largest absolute Gasteiger partial charge is 0.494 e. The Balaban J connectivity index is 1.37. The monoisotopic (exact) mass is 493 g/mol. The lowest BCUT2D eigenvalue weighted by molar-refractivity contribution is 0.304. The molecule has 0 fully saturated rings. The lowest BCUT2D eigenvalue weighted by Crippen LogP contribution is -2.11. The topological polar surface area (TPSA) is 35.2 Å². The minimum absolute atomic E-state index is 0.0884. The van der Waals surface area contributed by atoms with Crippen molar-refractivity contribution in [2.24, 2.45) is 5.73 Å². The minimum Gasteiger partial charge on any atom is -0.494 e. The van der Waals surface area contributed by atoms with Gasteiger partial charge in [0.15, 0.2) is 0 Å².